The third kappa shape index (κ3) is 4.91. The van der Waals surface area contributed by atoms with E-state index in [4.69, 9.17) is 0 Å². The minimum atomic E-state index is -0.605. The summed E-state index contributed by atoms with van der Waals surface area (Å²) in [6.07, 6.45) is 2.46. The van der Waals surface area contributed by atoms with Crippen LogP contribution in [0.1, 0.15) is 42.6 Å². The number of hydrogen-bond donors (Lipinski definition) is 2. The summed E-state index contributed by atoms with van der Waals surface area (Å²) in [4.78, 5) is 27.7. The molecule has 1 aliphatic heterocycles. The molecule has 1 saturated heterocycles. The van der Waals surface area contributed by atoms with Gasteiger partial charge in [-0.1, -0.05) is 31.5 Å². The van der Waals surface area contributed by atoms with E-state index in [0.717, 1.165) is 24.3 Å². The van der Waals surface area contributed by atoms with Crippen LogP contribution in [0.25, 0.3) is 0 Å². The smallest absolute Gasteiger partial charge is 0.251 e. The molecule has 3 rings (SSSR count). The van der Waals surface area contributed by atoms with E-state index in [2.05, 4.69) is 15.5 Å². The number of nitrogens with one attached hydrogen (secondary N) is 2. The maximum atomic E-state index is 12.8. The van der Waals surface area contributed by atoms with E-state index >= 15 is 0 Å². The fraction of sp³-hybridized carbons (Fsp3) is 0.391. The number of benzene rings is 2. The number of anilines is 2. The van der Waals surface area contributed by atoms with Crippen molar-refractivity contribution in [3.8, 4) is 0 Å². The second-order valence-electron chi connectivity index (χ2n) is 7.79. The lowest BCUT2D eigenvalue weighted by Crippen LogP contribution is -2.47. The molecular formula is C23H29N3O2. The fourth-order valence-electron chi connectivity index (χ4n) is 3.42. The zero-order valence-electron chi connectivity index (χ0n) is 16.9. The van der Waals surface area contributed by atoms with Gasteiger partial charge in [-0.3, -0.25) is 9.59 Å². The molecule has 0 unspecified atom stereocenters. The van der Waals surface area contributed by atoms with Gasteiger partial charge in [0.1, 0.15) is 6.04 Å². The van der Waals surface area contributed by atoms with Gasteiger partial charge in [0.2, 0.25) is 5.91 Å². The quantitative estimate of drug-likeness (QED) is 0.798. The van der Waals surface area contributed by atoms with Crippen molar-refractivity contribution in [2.75, 3.05) is 23.3 Å². The summed E-state index contributed by atoms with van der Waals surface area (Å²) >= 11 is 0. The van der Waals surface area contributed by atoms with Crippen LogP contribution in [-0.4, -0.2) is 30.9 Å². The Bertz CT molecular complexity index is 807. The highest BCUT2D eigenvalue weighted by atomic mass is 16.2. The molecule has 2 N–H and O–H groups in total. The zero-order chi connectivity index (χ0) is 20.1. The Balaban J connectivity index is 1.64. The summed E-state index contributed by atoms with van der Waals surface area (Å²) in [5.41, 5.74) is 3.57. The number of carbonyl (C=O) groups excluding carboxylic acids is 2. The number of amides is 2. The normalized spacial score (nSPS) is 14.8. The molecule has 2 aromatic rings. The molecular weight excluding hydrogens is 350 g/mol. The highest BCUT2D eigenvalue weighted by molar-refractivity contribution is 6.01. The van der Waals surface area contributed by atoms with Crippen LogP contribution in [0.4, 0.5) is 11.4 Å². The van der Waals surface area contributed by atoms with Crippen molar-refractivity contribution in [2.24, 2.45) is 5.92 Å². The molecule has 1 aliphatic rings. The van der Waals surface area contributed by atoms with Crippen LogP contribution < -0.4 is 15.5 Å². The summed E-state index contributed by atoms with van der Waals surface area (Å²) in [5.74, 6) is -0.471. The number of aryl methyl sites for hydroxylation is 1. The maximum absolute atomic E-state index is 12.8. The van der Waals surface area contributed by atoms with Gasteiger partial charge in [0.25, 0.3) is 5.91 Å². The average molecular weight is 380 g/mol. The Hall–Kier alpha value is -2.82. The standard InChI is InChI=1S/C23H29N3O2/c1-16(2)21(25-22(27)18-8-6-17(3)7-9-18)23(28)24-19-10-12-20(13-11-19)26-14-4-5-15-26/h6-13,16,21H,4-5,14-15H2,1-3H3,(H,24,28)(H,25,27)/t21-/m0/s1. The molecule has 0 radical (unpaired) electrons. The first-order valence-electron chi connectivity index (χ1n) is 9.97. The van der Waals surface area contributed by atoms with Crippen LogP contribution >= 0.6 is 0 Å². The Morgan fingerprint density at radius 1 is 0.929 bits per heavy atom. The number of carbonyl (C=O) groups is 2. The highest BCUT2D eigenvalue weighted by Gasteiger charge is 2.25. The second kappa shape index (κ2) is 8.91. The Labute approximate surface area is 167 Å². The van der Waals surface area contributed by atoms with Gasteiger partial charge in [0.05, 0.1) is 0 Å². The maximum Gasteiger partial charge on any atom is 0.251 e. The van der Waals surface area contributed by atoms with E-state index in [1.54, 1.807) is 12.1 Å². The van der Waals surface area contributed by atoms with Gasteiger partial charge in [0, 0.05) is 30.0 Å². The Morgan fingerprint density at radius 2 is 1.54 bits per heavy atom. The molecule has 5 heteroatoms. The molecule has 0 spiro atoms. The topological polar surface area (TPSA) is 61.4 Å². The molecule has 1 atom stereocenters. The van der Waals surface area contributed by atoms with Gasteiger partial charge in [0.15, 0.2) is 0 Å². The van der Waals surface area contributed by atoms with Gasteiger partial charge >= 0.3 is 0 Å². The number of rotatable bonds is 6. The lowest BCUT2D eigenvalue weighted by Gasteiger charge is -2.22. The number of hydrogen-bond acceptors (Lipinski definition) is 3. The number of nitrogens with zero attached hydrogens (tertiary/aromatic N) is 1. The van der Waals surface area contributed by atoms with Crippen molar-refractivity contribution in [1.29, 1.82) is 0 Å². The second-order valence-corrected chi connectivity index (χ2v) is 7.79. The predicted octanol–water partition coefficient (Wildman–Crippen LogP) is 3.99. The van der Waals surface area contributed by atoms with E-state index in [9.17, 15) is 9.59 Å². The predicted molar refractivity (Wildman–Crippen MR) is 114 cm³/mol. The minimum Gasteiger partial charge on any atom is -0.372 e. The van der Waals surface area contributed by atoms with Gasteiger partial charge in [-0.25, -0.2) is 0 Å². The van der Waals surface area contributed by atoms with Gasteiger partial charge in [-0.05, 0) is 62.1 Å². The molecule has 28 heavy (non-hydrogen) atoms. The summed E-state index contributed by atoms with van der Waals surface area (Å²) in [7, 11) is 0. The van der Waals surface area contributed by atoms with E-state index in [1.807, 2.05) is 57.2 Å². The van der Waals surface area contributed by atoms with Crippen LogP contribution in [0, 0.1) is 12.8 Å². The van der Waals surface area contributed by atoms with Crippen molar-refractivity contribution in [1.82, 2.24) is 5.32 Å². The highest BCUT2D eigenvalue weighted by Crippen LogP contribution is 2.22. The van der Waals surface area contributed by atoms with Crippen LogP contribution in [0.2, 0.25) is 0 Å². The van der Waals surface area contributed by atoms with Crippen molar-refractivity contribution in [2.45, 2.75) is 39.7 Å². The summed E-state index contributed by atoms with van der Waals surface area (Å²) in [6.45, 7) is 8.01. The largest absolute Gasteiger partial charge is 0.372 e. The molecule has 0 saturated carbocycles. The molecule has 2 aromatic carbocycles. The summed E-state index contributed by atoms with van der Waals surface area (Å²) < 4.78 is 0. The molecule has 5 nitrogen and oxygen atoms in total. The van der Waals surface area contributed by atoms with Crippen LogP contribution in [0.15, 0.2) is 48.5 Å². The molecule has 2 amide bonds. The molecule has 0 aromatic heterocycles. The summed E-state index contributed by atoms with van der Waals surface area (Å²) in [6, 6.07) is 14.6. The van der Waals surface area contributed by atoms with Crippen molar-refractivity contribution in [3.63, 3.8) is 0 Å². The van der Waals surface area contributed by atoms with Crippen LogP contribution in [0.3, 0.4) is 0 Å². The lowest BCUT2D eigenvalue weighted by molar-refractivity contribution is -0.118. The molecule has 0 bridgehead atoms. The first-order valence-corrected chi connectivity index (χ1v) is 9.97. The van der Waals surface area contributed by atoms with E-state index in [1.165, 1.54) is 18.5 Å². The average Bonchev–Trinajstić information content (AvgIpc) is 3.21. The van der Waals surface area contributed by atoms with E-state index in [-0.39, 0.29) is 17.7 Å². The third-order valence-electron chi connectivity index (χ3n) is 5.16. The SMILES string of the molecule is Cc1ccc(C(=O)N[C@H](C(=O)Nc2ccc(N3CCCC3)cc2)C(C)C)cc1. The monoisotopic (exact) mass is 379 g/mol. The van der Waals surface area contributed by atoms with Gasteiger partial charge in [-0.2, -0.15) is 0 Å². The third-order valence-corrected chi connectivity index (χ3v) is 5.16. The van der Waals surface area contributed by atoms with E-state index in [0.29, 0.717) is 5.56 Å². The molecule has 1 heterocycles. The Kier molecular flexibility index (Phi) is 6.34. The van der Waals surface area contributed by atoms with Crippen molar-refractivity contribution in [3.05, 3.63) is 59.7 Å². The van der Waals surface area contributed by atoms with Gasteiger partial charge < -0.3 is 15.5 Å². The van der Waals surface area contributed by atoms with Gasteiger partial charge in [-0.15, -0.1) is 0 Å². The molecule has 148 valence electrons. The lowest BCUT2D eigenvalue weighted by atomic mass is 10.0. The molecule has 1 fully saturated rings. The van der Waals surface area contributed by atoms with Crippen molar-refractivity contribution >= 4 is 23.2 Å². The van der Waals surface area contributed by atoms with E-state index < -0.39 is 6.04 Å². The first kappa shape index (κ1) is 19.9. The minimum absolute atomic E-state index is 0.0294. The fourth-order valence-corrected chi connectivity index (χ4v) is 3.42. The molecule has 0 aliphatic carbocycles. The summed E-state index contributed by atoms with van der Waals surface area (Å²) in [5, 5.41) is 5.80. The van der Waals surface area contributed by atoms with Crippen molar-refractivity contribution < 1.29 is 9.59 Å². The Morgan fingerprint density at radius 3 is 2.11 bits per heavy atom. The first-order chi connectivity index (χ1) is 13.4. The zero-order valence-corrected chi connectivity index (χ0v) is 16.9. The van der Waals surface area contributed by atoms with Crippen LogP contribution in [0.5, 0.6) is 0 Å². The van der Waals surface area contributed by atoms with Crippen LogP contribution in [-0.2, 0) is 4.79 Å².